The van der Waals surface area contributed by atoms with Gasteiger partial charge in [0.2, 0.25) is 0 Å². The lowest BCUT2D eigenvalue weighted by Crippen LogP contribution is -2.55. The minimum absolute atomic E-state index is 0.144. The summed E-state index contributed by atoms with van der Waals surface area (Å²) in [5.74, 6) is -3.25. The summed E-state index contributed by atoms with van der Waals surface area (Å²) in [6.45, 7) is -4.29. The largest absolute Gasteiger partial charge is 0.478 e. The maximum Gasteiger partial charge on any atom is 0.336 e. The maximum atomic E-state index is 13.7. The van der Waals surface area contributed by atoms with Crippen molar-refractivity contribution < 1.29 is 65.1 Å². The summed E-state index contributed by atoms with van der Waals surface area (Å²) in [6, 6.07) is 1.96. The number of carbonyl (C=O) groups excluding carboxylic acids is 2. The second kappa shape index (κ2) is 10.6. The van der Waals surface area contributed by atoms with Crippen molar-refractivity contribution in [1.82, 2.24) is 0 Å². The highest BCUT2D eigenvalue weighted by Crippen LogP contribution is 2.43. The lowest BCUT2D eigenvalue weighted by Gasteiger charge is -2.42. The van der Waals surface area contributed by atoms with E-state index < -0.39 is 92.2 Å². The van der Waals surface area contributed by atoms with Crippen LogP contribution in [0.15, 0.2) is 12.1 Å². The van der Waals surface area contributed by atoms with E-state index in [-0.39, 0.29) is 44.5 Å². The molecule has 2 aliphatic rings. The van der Waals surface area contributed by atoms with E-state index in [1.807, 2.05) is 0 Å². The molecule has 0 spiro atoms. The molecular weight excluding hydrogens is 508 g/mol. The number of ether oxygens (including phenoxy) is 1. The predicted octanol–water partition coefficient (Wildman–Crippen LogP) is -2.36. The number of aromatic carboxylic acids is 1. The Hall–Kier alpha value is -3.11. The van der Waals surface area contributed by atoms with Gasteiger partial charge in [0, 0.05) is 22.3 Å². The smallest absolute Gasteiger partial charge is 0.336 e. The normalized spacial score (nSPS) is 24.8. The Morgan fingerprint density at radius 3 is 1.79 bits per heavy atom. The predicted molar refractivity (Wildman–Crippen MR) is 123 cm³/mol. The van der Waals surface area contributed by atoms with Crippen molar-refractivity contribution in [1.29, 1.82) is 0 Å². The van der Waals surface area contributed by atoms with Gasteiger partial charge in [0.1, 0.15) is 30.5 Å². The number of benzene rings is 2. The zero-order valence-electron chi connectivity index (χ0n) is 19.7. The Balaban J connectivity index is 2.06. The molecule has 1 fully saturated rings. The molecule has 0 saturated carbocycles. The van der Waals surface area contributed by atoms with Crippen LogP contribution in [0.3, 0.4) is 0 Å². The molecule has 0 aromatic heterocycles. The van der Waals surface area contributed by atoms with Gasteiger partial charge in [0.15, 0.2) is 11.6 Å². The third kappa shape index (κ3) is 4.05. The fraction of sp³-hybridized carbons (Fsp3) is 0.400. The van der Waals surface area contributed by atoms with Crippen LogP contribution in [0.25, 0.3) is 0 Å². The highest BCUT2D eigenvalue weighted by atomic mass is 16.5. The van der Waals surface area contributed by atoms with Crippen molar-refractivity contribution in [3.63, 3.8) is 0 Å². The average Bonchev–Trinajstić information content (AvgIpc) is 2.92. The van der Waals surface area contributed by atoms with Crippen molar-refractivity contribution >= 4 is 17.5 Å². The molecule has 0 bridgehead atoms. The van der Waals surface area contributed by atoms with E-state index in [1.165, 1.54) is 0 Å². The highest BCUT2D eigenvalue weighted by Gasteiger charge is 2.47. The van der Waals surface area contributed by atoms with Gasteiger partial charge in [-0.3, -0.25) is 9.59 Å². The molecule has 1 saturated heterocycles. The van der Waals surface area contributed by atoms with Crippen molar-refractivity contribution in [2.24, 2.45) is 0 Å². The molecule has 1 heterocycles. The summed E-state index contributed by atoms with van der Waals surface area (Å²) in [5, 5.41) is 90.8. The number of carboxylic acid groups (broad SMARTS) is 1. The van der Waals surface area contributed by atoms with E-state index >= 15 is 0 Å². The Labute approximate surface area is 214 Å². The van der Waals surface area contributed by atoms with Crippen LogP contribution in [0.2, 0.25) is 0 Å². The summed E-state index contributed by atoms with van der Waals surface area (Å²) in [7, 11) is 0. The highest BCUT2D eigenvalue weighted by molar-refractivity contribution is 6.30. The van der Waals surface area contributed by atoms with E-state index in [0.29, 0.717) is 0 Å². The topological polar surface area (TPSA) is 243 Å². The van der Waals surface area contributed by atoms with Gasteiger partial charge >= 0.3 is 5.97 Å². The van der Waals surface area contributed by atoms with Gasteiger partial charge in [-0.15, -0.1) is 0 Å². The average molecular weight is 534 g/mol. The summed E-state index contributed by atoms with van der Waals surface area (Å²) >= 11 is 0. The molecule has 5 atom stereocenters. The van der Waals surface area contributed by atoms with Crippen LogP contribution in [0.5, 0.6) is 0 Å². The molecule has 204 valence electrons. The minimum atomic E-state index is -1.89. The lowest BCUT2D eigenvalue weighted by molar-refractivity contribution is -0.232. The molecule has 1 aliphatic carbocycles. The van der Waals surface area contributed by atoms with E-state index in [1.54, 1.807) is 0 Å². The molecule has 13 nitrogen and oxygen atoms in total. The van der Waals surface area contributed by atoms with E-state index in [4.69, 9.17) is 4.74 Å². The van der Waals surface area contributed by atoms with Crippen LogP contribution in [-0.4, -0.2) is 94.5 Å². The number of carboxylic acids is 1. The Morgan fingerprint density at radius 1 is 0.737 bits per heavy atom. The Kier molecular flexibility index (Phi) is 7.76. The van der Waals surface area contributed by atoms with Crippen LogP contribution in [0.1, 0.15) is 76.1 Å². The molecule has 0 amide bonds. The van der Waals surface area contributed by atoms with Gasteiger partial charge in [-0.2, -0.15) is 0 Å². The standard InChI is InChI=1S/C25H26O13/c26-3-8-1-10-11(2-9(8)25(36)37)20(32)18-14(6-29)16(12(4-27)13(5-28)17(18)19(10)31)24-23(35)22(34)21(33)15(7-30)38-24/h1-2,15,21-24,26-30,33-35H,3-7H2,(H,36,37)/t15-,21-,22+,23-,24+/m1/s1. The van der Waals surface area contributed by atoms with Crippen molar-refractivity contribution in [3.8, 4) is 0 Å². The summed E-state index contributed by atoms with van der Waals surface area (Å²) in [4.78, 5) is 39.1. The second-order valence-corrected chi connectivity index (χ2v) is 9.00. The van der Waals surface area contributed by atoms with Gasteiger partial charge in [-0.05, 0) is 39.9 Å². The van der Waals surface area contributed by atoms with E-state index in [0.717, 1.165) is 12.1 Å². The van der Waals surface area contributed by atoms with Crippen LogP contribution >= 0.6 is 0 Å². The molecule has 9 N–H and O–H groups in total. The number of aliphatic hydroxyl groups excluding tert-OH is 8. The molecule has 2 aromatic carbocycles. The van der Waals surface area contributed by atoms with E-state index in [2.05, 4.69) is 0 Å². The molecule has 4 rings (SSSR count). The zero-order valence-corrected chi connectivity index (χ0v) is 19.7. The summed E-state index contributed by atoms with van der Waals surface area (Å²) in [6.07, 6.45) is -8.51. The fourth-order valence-electron chi connectivity index (χ4n) is 5.26. The molecular formula is C25H26O13. The number of fused-ring (bicyclic) bond motifs is 2. The fourth-order valence-corrected chi connectivity index (χ4v) is 5.26. The molecule has 13 heteroatoms. The van der Waals surface area contributed by atoms with Gasteiger partial charge in [0.25, 0.3) is 0 Å². The van der Waals surface area contributed by atoms with Gasteiger partial charge in [-0.25, -0.2) is 4.79 Å². The first-order valence-corrected chi connectivity index (χ1v) is 11.5. The number of aliphatic hydroxyl groups is 8. The van der Waals surface area contributed by atoms with Gasteiger partial charge in [-0.1, -0.05) is 0 Å². The van der Waals surface area contributed by atoms with Crippen molar-refractivity contribution in [2.45, 2.75) is 56.9 Å². The first-order valence-electron chi connectivity index (χ1n) is 11.5. The third-order valence-corrected chi connectivity index (χ3v) is 7.11. The van der Waals surface area contributed by atoms with Gasteiger partial charge in [0.05, 0.1) is 38.6 Å². The van der Waals surface area contributed by atoms with Crippen LogP contribution < -0.4 is 0 Å². The lowest BCUT2D eigenvalue weighted by atomic mass is 9.73. The van der Waals surface area contributed by atoms with Crippen molar-refractivity contribution in [3.05, 3.63) is 67.8 Å². The van der Waals surface area contributed by atoms with Gasteiger partial charge < -0.3 is 50.7 Å². The first kappa shape index (κ1) is 27.9. The van der Waals surface area contributed by atoms with Crippen LogP contribution in [-0.2, 0) is 31.2 Å². The monoisotopic (exact) mass is 534 g/mol. The zero-order chi connectivity index (χ0) is 28.0. The number of ketones is 2. The number of carbonyl (C=O) groups is 3. The molecule has 38 heavy (non-hydrogen) atoms. The minimum Gasteiger partial charge on any atom is -0.478 e. The molecule has 0 radical (unpaired) electrons. The maximum absolute atomic E-state index is 13.7. The SMILES string of the molecule is O=C(O)c1cc2c(cc1CO)C(=O)c1c(CO)c(CO)c([C@@H]3O[C@H](CO)[C@@H](O)[C@H](O)[C@H]3O)c(CO)c1C2=O. The Bertz CT molecular complexity index is 1320. The Morgan fingerprint density at radius 2 is 1.29 bits per heavy atom. The van der Waals surface area contributed by atoms with Crippen molar-refractivity contribution in [2.75, 3.05) is 6.61 Å². The van der Waals surface area contributed by atoms with Crippen LogP contribution in [0, 0.1) is 0 Å². The third-order valence-electron chi connectivity index (χ3n) is 7.11. The molecule has 2 aromatic rings. The number of hydrogen-bond acceptors (Lipinski definition) is 12. The van der Waals surface area contributed by atoms with E-state index in [9.17, 15) is 60.3 Å². The second-order valence-electron chi connectivity index (χ2n) is 9.00. The summed E-state index contributed by atoms with van der Waals surface area (Å²) < 4.78 is 5.59. The first-order chi connectivity index (χ1) is 18.1. The quantitative estimate of drug-likeness (QED) is 0.154. The number of rotatable bonds is 7. The molecule has 0 unspecified atom stereocenters. The summed E-state index contributed by atoms with van der Waals surface area (Å²) in [5.41, 5.74) is -3.02. The molecule has 1 aliphatic heterocycles. The number of hydrogen-bond donors (Lipinski definition) is 9. The van der Waals surface area contributed by atoms with Crippen LogP contribution in [0.4, 0.5) is 0 Å².